The van der Waals surface area contributed by atoms with Crippen LogP contribution in [0.1, 0.15) is 26.2 Å². The van der Waals surface area contributed by atoms with E-state index in [0.717, 1.165) is 83.8 Å². The summed E-state index contributed by atoms with van der Waals surface area (Å²) < 4.78 is 5.57. The lowest BCUT2D eigenvalue weighted by atomic mass is 10.3. The fourth-order valence-electron chi connectivity index (χ4n) is 2.91. The molecule has 1 aliphatic rings. The van der Waals surface area contributed by atoms with Gasteiger partial charge in [0.05, 0.1) is 0 Å². The van der Waals surface area contributed by atoms with Crippen molar-refractivity contribution in [2.24, 2.45) is 4.99 Å². The molecule has 1 aromatic heterocycles. The van der Waals surface area contributed by atoms with Gasteiger partial charge in [0, 0.05) is 78.5 Å². The second kappa shape index (κ2) is 15.7. The largest absolute Gasteiger partial charge is 0.381 e. The summed E-state index contributed by atoms with van der Waals surface area (Å²) in [5, 5.41) is 6.73. The van der Waals surface area contributed by atoms with Crippen LogP contribution in [0.2, 0.25) is 0 Å². The van der Waals surface area contributed by atoms with Crippen LogP contribution in [0.4, 0.5) is 5.95 Å². The third-order valence-electron chi connectivity index (χ3n) is 4.55. The van der Waals surface area contributed by atoms with Crippen LogP contribution in [0.5, 0.6) is 0 Å². The molecule has 160 valence electrons. The van der Waals surface area contributed by atoms with Crippen LogP contribution < -0.4 is 15.5 Å². The molecule has 1 fully saturated rings. The topological polar surface area (TPSA) is 77.9 Å². The Morgan fingerprint density at radius 1 is 1.07 bits per heavy atom. The van der Waals surface area contributed by atoms with Crippen molar-refractivity contribution < 1.29 is 4.74 Å². The molecule has 2 N–H and O–H groups in total. The van der Waals surface area contributed by atoms with Crippen LogP contribution >= 0.6 is 24.0 Å². The maximum atomic E-state index is 5.57. The maximum absolute atomic E-state index is 5.57. The molecule has 0 atom stereocenters. The van der Waals surface area contributed by atoms with Crippen LogP contribution in [0.3, 0.4) is 0 Å². The lowest BCUT2D eigenvalue weighted by molar-refractivity contribution is 0.129. The number of nitrogens with zero attached hydrogens (tertiary/aromatic N) is 5. The monoisotopic (exact) mass is 505 g/mol. The minimum absolute atomic E-state index is 0. The summed E-state index contributed by atoms with van der Waals surface area (Å²) >= 11 is 0. The fourth-order valence-corrected chi connectivity index (χ4v) is 2.91. The van der Waals surface area contributed by atoms with Gasteiger partial charge in [-0.1, -0.05) is 13.3 Å². The Morgan fingerprint density at radius 3 is 2.43 bits per heavy atom. The summed E-state index contributed by atoms with van der Waals surface area (Å²) in [5.41, 5.74) is 0. The van der Waals surface area contributed by atoms with Gasteiger partial charge in [-0.05, 0) is 18.9 Å². The highest BCUT2D eigenvalue weighted by Gasteiger charge is 2.18. The second-order valence-corrected chi connectivity index (χ2v) is 6.62. The maximum Gasteiger partial charge on any atom is 0.225 e. The molecule has 0 amide bonds. The van der Waals surface area contributed by atoms with E-state index in [1.807, 2.05) is 13.1 Å². The number of piperazine rings is 1. The number of nitrogens with one attached hydrogen (secondary N) is 2. The number of aliphatic imine (C=N–C) groups is 1. The van der Waals surface area contributed by atoms with Gasteiger partial charge in [-0.25, -0.2) is 9.97 Å². The van der Waals surface area contributed by atoms with Crippen LogP contribution in [-0.4, -0.2) is 86.9 Å². The van der Waals surface area contributed by atoms with Gasteiger partial charge in [-0.15, -0.1) is 24.0 Å². The SMILES string of the molecule is CCCCOCCCNC(=NC)NCCN1CCN(c2ncccn2)CC1.I. The number of hydrogen-bond donors (Lipinski definition) is 2. The van der Waals surface area contributed by atoms with Crippen LogP contribution in [0.25, 0.3) is 0 Å². The molecule has 1 aliphatic heterocycles. The first-order valence-corrected chi connectivity index (χ1v) is 10.1. The molecule has 8 nitrogen and oxygen atoms in total. The van der Waals surface area contributed by atoms with Gasteiger partial charge in [0.15, 0.2) is 5.96 Å². The zero-order chi connectivity index (χ0) is 19.2. The highest BCUT2D eigenvalue weighted by atomic mass is 127. The van der Waals surface area contributed by atoms with Crippen molar-refractivity contribution in [2.75, 3.05) is 71.0 Å². The smallest absolute Gasteiger partial charge is 0.225 e. The van der Waals surface area contributed by atoms with Gasteiger partial charge in [-0.2, -0.15) is 0 Å². The minimum atomic E-state index is 0. The minimum Gasteiger partial charge on any atom is -0.381 e. The normalized spacial score (nSPS) is 15.2. The van der Waals surface area contributed by atoms with Gasteiger partial charge < -0.3 is 20.3 Å². The predicted octanol–water partition coefficient (Wildman–Crippen LogP) is 1.59. The fraction of sp³-hybridized carbons (Fsp3) is 0.737. The van der Waals surface area contributed by atoms with Gasteiger partial charge in [0.1, 0.15) is 0 Å². The van der Waals surface area contributed by atoms with Crippen molar-refractivity contribution in [3.05, 3.63) is 18.5 Å². The number of aromatic nitrogens is 2. The van der Waals surface area contributed by atoms with E-state index in [2.05, 4.69) is 42.3 Å². The molecule has 0 bridgehead atoms. The molecular formula is C19H36IN7O. The summed E-state index contributed by atoms with van der Waals surface area (Å²) in [5.74, 6) is 1.69. The van der Waals surface area contributed by atoms with Gasteiger partial charge in [0.25, 0.3) is 0 Å². The van der Waals surface area contributed by atoms with Crippen molar-refractivity contribution in [1.29, 1.82) is 0 Å². The molecule has 0 unspecified atom stereocenters. The highest BCUT2D eigenvalue weighted by molar-refractivity contribution is 14.0. The number of ether oxygens (including phenoxy) is 1. The first kappa shape index (κ1) is 24.8. The third-order valence-corrected chi connectivity index (χ3v) is 4.55. The Labute approximate surface area is 186 Å². The number of hydrogen-bond acceptors (Lipinski definition) is 6. The van der Waals surface area contributed by atoms with Gasteiger partial charge in [-0.3, -0.25) is 9.89 Å². The Morgan fingerprint density at radius 2 is 1.75 bits per heavy atom. The Hall–Kier alpha value is -1.20. The molecule has 1 saturated heterocycles. The van der Waals surface area contributed by atoms with Crippen LogP contribution in [0.15, 0.2) is 23.5 Å². The summed E-state index contributed by atoms with van der Waals surface area (Å²) in [6, 6.07) is 1.85. The van der Waals surface area contributed by atoms with E-state index in [9.17, 15) is 0 Å². The molecule has 0 aromatic carbocycles. The Bertz CT molecular complexity index is 524. The summed E-state index contributed by atoms with van der Waals surface area (Å²) in [7, 11) is 1.81. The van der Waals surface area contributed by atoms with E-state index in [0.29, 0.717) is 0 Å². The standard InChI is InChI=1S/C19H35N7O.HI/c1-3-4-16-27-17-6-9-21-18(20-2)22-10-11-25-12-14-26(15-13-25)19-23-7-5-8-24-19;/h5,7-8H,3-4,6,9-17H2,1-2H3,(H2,20,21,22);1H. The van der Waals surface area contributed by atoms with Crippen molar-refractivity contribution in [3.63, 3.8) is 0 Å². The third kappa shape index (κ3) is 9.83. The van der Waals surface area contributed by atoms with Gasteiger partial charge >= 0.3 is 0 Å². The number of halogens is 1. The number of anilines is 1. The highest BCUT2D eigenvalue weighted by Crippen LogP contribution is 2.08. The van der Waals surface area contributed by atoms with Crippen molar-refractivity contribution in [3.8, 4) is 0 Å². The van der Waals surface area contributed by atoms with E-state index >= 15 is 0 Å². The predicted molar refractivity (Wildman–Crippen MR) is 126 cm³/mol. The molecule has 0 saturated carbocycles. The summed E-state index contributed by atoms with van der Waals surface area (Å²) in [6.07, 6.45) is 6.92. The van der Waals surface area contributed by atoms with Crippen LogP contribution in [-0.2, 0) is 4.74 Å². The van der Waals surface area contributed by atoms with Crippen molar-refractivity contribution in [1.82, 2.24) is 25.5 Å². The van der Waals surface area contributed by atoms with Crippen molar-refractivity contribution in [2.45, 2.75) is 26.2 Å². The zero-order valence-corrected chi connectivity index (χ0v) is 19.6. The Kier molecular flexibility index (Phi) is 13.9. The first-order chi connectivity index (χ1) is 13.3. The lowest BCUT2D eigenvalue weighted by Gasteiger charge is -2.34. The molecule has 2 heterocycles. The quantitative estimate of drug-likeness (QED) is 0.205. The Balaban J connectivity index is 0.00000392. The summed E-state index contributed by atoms with van der Waals surface area (Å²) in [4.78, 5) is 17.6. The lowest BCUT2D eigenvalue weighted by Crippen LogP contribution is -2.49. The van der Waals surface area contributed by atoms with Gasteiger partial charge in [0.2, 0.25) is 5.95 Å². The molecule has 0 radical (unpaired) electrons. The van der Waals surface area contributed by atoms with Crippen LogP contribution in [0, 0.1) is 0 Å². The van der Waals surface area contributed by atoms with E-state index in [4.69, 9.17) is 4.74 Å². The first-order valence-electron chi connectivity index (χ1n) is 10.1. The molecule has 9 heteroatoms. The second-order valence-electron chi connectivity index (χ2n) is 6.62. The number of rotatable bonds is 11. The zero-order valence-electron chi connectivity index (χ0n) is 17.3. The molecule has 0 aliphatic carbocycles. The number of guanidine groups is 1. The van der Waals surface area contributed by atoms with E-state index < -0.39 is 0 Å². The average molecular weight is 505 g/mol. The molecular weight excluding hydrogens is 469 g/mol. The molecule has 0 spiro atoms. The van der Waals surface area contributed by atoms with Crippen molar-refractivity contribution >= 4 is 35.9 Å². The average Bonchev–Trinajstić information content (AvgIpc) is 2.73. The summed E-state index contributed by atoms with van der Waals surface area (Å²) in [6.45, 7) is 10.6. The molecule has 28 heavy (non-hydrogen) atoms. The van der Waals surface area contributed by atoms with E-state index in [-0.39, 0.29) is 24.0 Å². The molecule has 2 rings (SSSR count). The molecule has 1 aromatic rings. The number of unbranched alkanes of at least 4 members (excludes halogenated alkanes) is 1. The van der Waals surface area contributed by atoms with E-state index in [1.54, 1.807) is 12.4 Å². The van der Waals surface area contributed by atoms with E-state index in [1.165, 1.54) is 6.42 Å².